The molecular formula is C29H36N4O2S. The van der Waals surface area contributed by atoms with Gasteiger partial charge in [0.2, 0.25) is 0 Å². The number of rotatable bonds is 8. The van der Waals surface area contributed by atoms with Crippen molar-refractivity contribution >= 4 is 10.0 Å². The number of imidazole rings is 1. The molecule has 190 valence electrons. The van der Waals surface area contributed by atoms with Crippen molar-refractivity contribution in [1.82, 2.24) is 19.2 Å². The zero-order valence-corrected chi connectivity index (χ0v) is 21.8. The Morgan fingerprint density at radius 2 is 1.89 bits per heavy atom. The third-order valence-electron chi connectivity index (χ3n) is 8.55. The normalized spacial score (nSPS) is 26.1. The lowest BCUT2D eigenvalue weighted by Crippen LogP contribution is -2.43. The van der Waals surface area contributed by atoms with Crippen molar-refractivity contribution in [3.05, 3.63) is 83.3 Å². The highest BCUT2D eigenvalue weighted by Gasteiger charge is 2.36. The van der Waals surface area contributed by atoms with E-state index in [-0.39, 0.29) is 11.1 Å². The molecule has 0 unspecified atom stereocenters. The van der Waals surface area contributed by atoms with E-state index in [0.717, 1.165) is 25.7 Å². The predicted octanol–water partition coefficient (Wildman–Crippen LogP) is 4.24. The second-order valence-corrected chi connectivity index (χ2v) is 12.7. The van der Waals surface area contributed by atoms with E-state index in [4.69, 9.17) is 0 Å². The van der Waals surface area contributed by atoms with Crippen LogP contribution in [0.5, 0.6) is 0 Å². The van der Waals surface area contributed by atoms with E-state index >= 15 is 0 Å². The van der Waals surface area contributed by atoms with Gasteiger partial charge in [-0.1, -0.05) is 48.5 Å². The third-order valence-corrected chi connectivity index (χ3v) is 9.96. The van der Waals surface area contributed by atoms with E-state index in [1.54, 1.807) is 17.8 Å². The SMILES string of the molecule is Cn1cnc(S(=O)(=O)NC2CC(c3ccc4c(c3)[C@@H](Cc3ccccc3)[C@@H](CN3CCC3)CC4)C2)c1. The Morgan fingerprint density at radius 1 is 1.08 bits per heavy atom. The molecule has 6 nitrogen and oxygen atoms in total. The van der Waals surface area contributed by atoms with Gasteiger partial charge in [-0.05, 0) is 91.6 Å². The molecule has 7 heteroatoms. The molecule has 2 fully saturated rings. The molecule has 36 heavy (non-hydrogen) atoms. The van der Waals surface area contributed by atoms with Crippen molar-refractivity contribution in [2.24, 2.45) is 13.0 Å². The summed E-state index contributed by atoms with van der Waals surface area (Å²) >= 11 is 0. The van der Waals surface area contributed by atoms with Gasteiger partial charge in [0.1, 0.15) is 0 Å². The summed E-state index contributed by atoms with van der Waals surface area (Å²) in [7, 11) is -1.79. The van der Waals surface area contributed by atoms with Gasteiger partial charge in [-0.3, -0.25) is 0 Å². The molecule has 2 heterocycles. The predicted molar refractivity (Wildman–Crippen MR) is 141 cm³/mol. The van der Waals surface area contributed by atoms with Crippen LogP contribution in [0, 0.1) is 5.92 Å². The van der Waals surface area contributed by atoms with E-state index in [9.17, 15) is 8.42 Å². The zero-order valence-electron chi connectivity index (χ0n) is 21.0. The molecule has 1 aliphatic heterocycles. The number of aromatic nitrogens is 2. The standard InChI is InChI=1S/C29H36N4O2S/c1-32-19-29(30-20-32)36(34,35)31-26-15-25(16-26)23-10-8-22-9-11-24(18-33-12-5-13-33)27(28(22)17-23)14-21-6-3-2-4-7-21/h2-4,6-8,10,17,19-20,24-27,31H,5,9,11-16,18H2,1H3/t24-,25?,26?,27+/m1/s1. The average Bonchev–Trinajstić information content (AvgIpc) is 3.27. The molecule has 6 rings (SSSR count). The first kappa shape index (κ1) is 23.9. The fraction of sp³-hybridized carbons (Fsp3) is 0.483. The van der Waals surface area contributed by atoms with Crippen LogP contribution >= 0.6 is 0 Å². The van der Waals surface area contributed by atoms with E-state index in [1.165, 1.54) is 61.1 Å². The minimum absolute atomic E-state index is 0.0303. The van der Waals surface area contributed by atoms with Crippen molar-refractivity contribution in [3.63, 3.8) is 0 Å². The van der Waals surface area contributed by atoms with Crippen LogP contribution in [0.4, 0.5) is 0 Å². The van der Waals surface area contributed by atoms with Gasteiger partial charge < -0.3 is 9.47 Å². The number of hydrogen-bond donors (Lipinski definition) is 1. The van der Waals surface area contributed by atoms with Gasteiger partial charge in [0.15, 0.2) is 5.03 Å². The van der Waals surface area contributed by atoms with Crippen molar-refractivity contribution < 1.29 is 8.42 Å². The number of hydrogen-bond acceptors (Lipinski definition) is 4. The van der Waals surface area contributed by atoms with Gasteiger partial charge in [0, 0.05) is 25.8 Å². The van der Waals surface area contributed by atoms with Crippen LogP contribution in [0.3, 0.4) is 0 Å². The molecule has 1 aromatic heterocycles. The molecule has 2 aromatic carbocycles. The van der Waals surface area contributed by atoms with Gasteiger partial charge in [-0.2, -0.15) is 0 Å². The average molecular weight is 505 g/mol. The number of nitrogens with one attached hydrogen (secondary N) is 1. The number of benzene rings is 2. The summed E-state index contributed by atoms with van der Waals surface area (Å²) in [6.07, 6.45) is 9.60. The number of aryl methyl sites for hydroxylation is 2. The molecule has 1 saturated heterocycles. The maximum absolute atomic E-state index is 12.7. The Bertz CT molecular complexity index is 1310. The first-order valence-electron chi connectivity index (χ1n) is 13.3. The topological polar surface area (TPSA) is 67.2 Å². The summed E-state index contributed by atoms with van der Waals surface area (Å²) in [6, 6.07) is 18.0. The highest BCUT2D eigenvalue weighted by Crippen LogP contribution is 2.43. The summed E-state index contributed by atoms with van der Waals surface area (Å²) in [6.45, 7) is 3.71. The Balaban J connectivity index is 1.18. The van der Waals surface area contributed by atoms with Crippen LogP contribution in [-0.2, 0) is 29.9 Å². The molecule has 3 aromatic rings. The van der Waals surface area contributed by atoms with Gasteiger partial charge >= 0.3 is 0 Å². The first-order chi connectivity index (χ1) is 17.4. The van der Waals surface area contributed by atoms with E-state index in [2.05, 4.69) is 63.1 Å². The highest BCUT2D eigenvalue weighted by atomic mass is 32.2. The zero-order chi connectivity index (χ0) is 24.7. The fourth-order valence-corrected chi connectivity index (χ4v) is 7.53. The van der Waals surface area contributed by atoms with Gasteiger partial charge in [0.25, 0.3) is 10.0 Å². The molecule has 0 amide bonds. The Hall–Kier alpha value is -2.48. The number of sulfonamides is 1. The summed E-state index contributed by atoms with van der Waals surface area (Å²) in [5.74, 6) is 1.63. The quantitative estimate of drug-likeness (QED) is 0.498. The van der Waals surface area contributed by atoms with Crippen molar-refractivity contribution in [3.8, 4) is 0 Å². The Labute approximate surface area is 214 Å². The minimum Gasteiger partial charge on any atom is -0.339 e. The maximum atomic E-state index is 12.7. The molecule has 2 atom stereocenters. The van der Waals surface area contributed by atoms with Crippen LogP contribution in [0.1, 0.15) is 59.8 Å². The molecule has 1 saturated carbocycles. The fourth-order valence-electron chi connectivity index (χ4n) is 6.29. The minimum atomic E-state index is -3.57. The summed E-state index contributed by atoms with van der Waals surface area (Å²) in [5.41, 5.74) is 5.82. The van der Waals surface area contributed by atoms with Crippen molar-refractivity contribution in [2.75, 3.05) is 19.6 Å². The van der Waals surface area contributed by atoms with Crippen LogP contribution in [-0.4, -0.2) is 48.5 Å². The Kier molecular flexibility index (Phi) is 6.48. The first-order valence-corrected chi connectivity index (χ1v) is 14.8. The largest absolute Gasteiger partial charge is 0.339 e. The molecule has 1 N–H and O–H groups in total. The van der Waals surface area contributed by atoms with Crippen LogP contribution in [0.15, 0.2) is 66.1 Å². The maximum Gasteiger partial charge on any atom is 0.259 e. The van der Waals surface area contributed by atoms with Crippen LogP contribution in [0.25, 0.3) is 0 Å². The number of nitrogens with zero attached hydrogens (tertiary/aromatic N) is 3. The molecule has 0 spiro atoms. The van der Waals surface area contributed by atoms with Crippen molar-refractivity contribution in [2.45, 2.75) is 61.4 Å². The smallest absolute Gasteiger partial charge is 0.259 e. The van der Waals surface area contributed by atoms with E-state index < -0.39 is 10.0 Å². The Morgan fingerprint density at radius 3 is 2.58 bits per heavy atom. The molecule has 0 bridgehead atoms. The second kappa shape index (κ2) is 9.77. The van der Waals surface area contributed by atoms with Crippen molar-refractivity contribution in [1.29, 1.82) is 0 Å². The van der Waals surface area contributed by atoms with E-state index in [0.29, 0.717) is 17.8 Å². The van der Waals surface area contributed by atoms with Crippen LogP contribution in [0.2, 0.25) is 0 Å². The van der Waals surface area contributed by atoms with E-state index in [1.807, 2.05) is 0 Å². The summed E-state index contributed by atoms with van der Waals surface area (Å²) in [4.78, 5) is 6.64. The van der Waals surface area contributed by atoms with Gasteiger partial charge in [-0.15, -0.1) is 0 Å². The summed E-state index contributed by atoms with van der Waals surface area (Å²) < 4.78 is 29.8. The lowest BCUT2D eigenvalue weighted by atomic mass is 9.69. The van der Waals surface area contributed by atoms with Gasteiger partial charge in [0.05, 0.1) is 6.33 Å². The van der Waals surface area contributed by atoms with Gasteiger partial charge in [-0.25, -0.2) is 18.1 Å². The lowest BCUT2D eigenvalue weighted by Gasteiger charge is -2.41. The second-order valence-electron chi connectivity index (χ2n) is 11.1. The number of fused-ring (bicyclic) bond motifs is 1. The molecule has 0 radical (unpaired) electrons. The van der Waals surface area contributed by atoms with Crippen LogP contribution < -0.4 is 4.72 Å². The molecule has 3 aliphatic rings. The number of likely N-dealkylation sites (tertiary alicyclic amines) is 1. The lowest BCUT2D eigenvalue weighted by molar-refractivity contribution is 0.134. The highest BCUT2D eigenvalue weighted by molar-refractivity contribution is 7.89. The molecular weight excluding hydrogens is 468 g/mol. The monoisotopic (exact) mass is 504 g/mol. The third kappa shape index (κ3) is 4.89. The summed E-state index contributed by atoms with van der Waals surface area (Å²) in [5, 5.41) is 0.0965. The molecule has 2 aliphatic carbocycles.